The zero-order valence-corrected chi connectivity index (χ0v) is 18.4. The molecule has 2 aliphatic heterocycles. The summed E-state index contributed by atoms with van der Waals surface area (Å²) >= 11 is 0. The molecule has 0 bridgehead atoms. The molecule has 0 aliphatic carbocycles. The Kier molecular flexibility index (Phi) is 10.7. The SMILES string of the molecule is CCNC(=NCCN1CCC(C)CC1)NC1CCN(C(=O)CC)C1.I. The third-order valence-corrected chi connectivity index (χ3v) is 5.09. The van der Waals surface area contributed by atoms with Gasteiger partial charge < -0.3 is 20.4 Å². The second kappa shape index (κ2) is 11.9. The summed E-state index contributed by atoms with van der Waals surface area (Å²) in [6, 6.07) is 0.314. The van der Waals surface area contributed by atoms with E-state index in [4.69, 9.17) is 4.99 Å². The highest BCUT2D eigenvalue weighted by molar-refractivity contribution is 14.0. The van der Waals surface area contributed by atoms with Gasteiger partial charge in [-0.05, 0) is 45.2 Å². The first-order valence-electron chi connectivity index (χ1n) is 9.67. The van der Waals surface area contributed by atoms with E-state index in [-0.39, 0.29) is 29.9 Å². The smallest absolute Gasteiger partial charge is 0.222 e. The molecule has 2 saturated heterocycles. The van der Waals surface area contributed by atoms with Gasteiger partial charge in [0, 0.05) is 38.6 Å². The Hall–Kier alpha value is -0.570. The van der Waals surface area contributed by atoms with E-state index in [1.54, 1.807) is 0 Å². The lowest BCUT2D eigenvalue weighted by Crippen LogP contribution is -2.45. The van der Waals surface area contributed by atoms with Gasteiger partial charge in [-0.25, -0.2) is 0 Å². The first-order valence-corrected chi connectivity index (χ1v) is 9.67. The van der Waals surface area contributed by atoms with Gasteiger partial charge >= 0.3 is 0 Å². The van der Waals surface area contributed by atoms with Gasteiger partial charge in [0.2, 0.25) is 5.91 Å². The van der Waals surface area contributed by atoms with E-state index >= 15 is 0 Å². The Labute approximate surface area is 170 Å². The number of guanidine groups is 1. The first-order chi connectivity index (χ1) is 11.6. The van der Waals surface area contributed by atoms with E-state index < -0.39 is 0 Å². The Balaban J connectivity index is 0.00000312. The molecule has 25 heavy (non-hydrogen) atoms. The maximum absolute atomic E-state index is 11.8. The number of carbonyl (C=O) groups excluding carboxylic acids is 1. The van der Waals surface area contributed by atoms with Crippen LogP contribution in [0.5, 0.6) is 0 Å². The molecule has 146 valence electrons. The van der Waals surface area contributed by atoms with Crippen molar-refractivity contribution in [2.75, 3.05) is 45.8 Å². The number of carbonyl (C=O) groups is 1. The molecule has 1 atom stereocenters. The minimum absolute atomic E-state index is 0. The molecule has 2 heterocycles. The molecule has 0 spiro atoms. The standard InChI is InChI=1S/C18H35N5O.HI/c1-4-17(24)23-12-8-16(14-23)21-18(19-5-2)20-9-13-22-10-6-15(3)7-11-22;/h15-16H,4-14H2,1-3H3,(H2,19,20,21);1H. The molecule has 2 aliphatic rings. The number of halogens is 1. The van der Waals surface area contributed by atoms with Crippen molar-refractivity contribution in [3.8, 4) is 0 Å². The molecule has 0 aromatic rings. The molecule has 1 unspecified atom stereocenters. The van der Waals surface area contributed by atoms with Crippen molar-refractivity contribution in [3.05, 3.63) is 0 Å². The van der Waals surface area contributed by atoms with Gasteiger partial charge in [0.1, 0.15) is 0 Å². The predicted molar refractivity (Wildman–Crippen MR) is 115 cm³/mol. The second-order valence-corrected chi connectivity index (χ2v) is 7.11. The van der Waals surface area contributed by atoms with Crippen LogP contribution >= 0.6 is 24.0 Å². The highest BCUT2D eigenvalue weighted by atomic mass is 127. The summed E-state index contributed by atoms with van der Waals surface area (Å²) in [4.78, 5) is 21.0. The maximum Gasteiger partial charge on any atom is 0.222 e. The van der Waals surface area contributed by atoms with Gasteiger partial charge in [-0.3, -0.25) is 9.79 Å². The molecule has 0 aromatic heterocycles. The zero-order chi connectivity index (χ0) is 17.4. The Morgan fingerprint density at radius 2 is 1.88 bits per heavy atom. The van der Waals surface area contributed by atoms with Gasteiger partial charge in [0.15, 0.2) is 5.96 Å². The van der Waals surface area contributed by atoms with Crippen LogP contribution in [0.3, 0.4) is 0 Å². The van der Waals surface area contributed by atoms with Gasteiger partial charge in [-0.1, -0.05) is 13.8 Å². The quantitative estimate of drug-likeness (QED) is 0.358. The van der Waals surface area contributed by atoms with E-state index in [0.717, 1.165) is 51.0 Å². The van der Waals surface area contributed by atoms with Crippen LogP contribution in [0.1, 0.15) is 46.5 Å². The van der Waals surface area contributed by atoms with Crippen LogP contribution in [-0.4, -0.2) is 73.5 Å². The number of rotatable bonds is 6. The molecule has 2 rings (SSSR count). The molecular formula is C18H36IN5O. The molecule has 2 fully saturated rings. The van der Waals surface area contributed by atoms with Crippen LogP contribution in [-0.2, 0) is 4.79 Å². The van der Waals surface area contributed by atoms with Crippen molar-refractivity contribution in [2.24, 2.45) is 10.9 Å². The fraction of sp³-hybridized carbons (Fsp3) is 0.889. The maximum atomic E-state index is 11.8. The van der Waals surface area contributed by atoms with Crippen LogP contribution < -0.4 is 10.6 Å². The van der Waals surface area contributed by atoms with Crippen LogP contribution in [0.25, 0.3) is 0 Å². The lowest BCUT2D eigenvalue weighted by Gasteiger charge is -2.29. The normalized spacial score (nSPS) is 22.6. The highest BCUT2D eigenvalue weighted by Gasteiger charge is 2.25. The van der Waals surface area contributed by atoms with Crippen molar-refractivity contribution in [1.29, 1.82) is 0 Å². The predicted octanol–water partition coefficient (Wildman–Crippen LogP) is 1.90. The molecular weight excluding hydrogens is 429 g/mol. The summed E-state index contributed by atoms with van der Waals surface area (Å²) < 4.78 is 0. The Bertz CT molecular complexity index is 424. The number of aliphatic imine (C=N–C) groups is 1. The molecule has 0 radical (unpaired) electrons. The largest absolute Gasteiger partial charge is 0.357 e. The molecule has 6 nitrogen and oxygen atoms in total. The van der Waals surface area contributed by atoms with E-state index in [1.165, 1.54) is 25.9 Å². The van der Waals surface area contributed by atoms with Crippen LogP contribution in [0.4, 0.5) is 0 Å². The van der Waals surface area contributed by atoms with Crippen molar-refractivity contribution in [2.45, 2.75) is 52.5 Å². The van der Waals surface area contributed by atoms with Gasteiger partial charge in [0.05, 0.1) is 6.54 Å². The monoisotopic (exact) mass is 465 g/mol. The van der Waals surface area contributed by atoms with Crippen molar-refractivity contribution >= 4 is 35.8 Å². The number of hydrogen-bond donors (Lipinski definition) is 2. The number of nitrogens with one attached hydrogen (secondary N) is 2. The third kappa shape index (κ3) is 7.68. The molecule has 7 heteroatoms. The van der Waals surface area contributed by atoms with Gasteiger partial charge in [-0.15, -0.1) is 24.0 Å². The average molecular weight is 465 g/mol. The zero-order valence-electron chi connectivity index (χ0n) is 16.1. The molecule has 2 N–H and O–H groups in total. The summed E-state index contributed by atoms with van der Waals surface area (Å²) in [6.07, 6.45) is 4.21. The summed E-state index contributed by atoms with van der Waals surface area (Å²) in [7, 11) is 0. The fourth-order valence-electron chi connectivity index (χ4n) is 3.43. The Morgan fingerprint density at radius 1 is 1.16 bits per heavy atom. The highest BCUT2D eigenvalue weighted by Crippen LogP contribution is 2.15. The lowest BCUT2D eigenvalue weighted by molar-refractivity contribution is -0.129. The van der Waals surface area contributed by atoms with Crippen molar-refractivity contribution in [3.63, 3.8) is 0 Å². The van der Waals surface area contributed by atoms with Gasteiger partial charge in [-0.2, -0.15) is 0 Å². The topological polar surface area (TPSA) is 60.0 Å². The number of hydrogen-bond acceptors (Lipinski definition) is 3. The number of likely N-dealkylation sites (tertiary alicyclic amines) is 2. The minimum Gasteiger partial charge on any atom is -0.357 e. The third-order valence-electron chi connectivity index (χ3n) is 5.09. The van der Waals surface area contributed by atoms with Crippen LogP contribution in [0.15, 0.2) is 4.99 Å². The molecule has 1 amide bonds. The molecule has 0 aromatic carbocycles. The first kappa shape index (κ1) is 22.5. The second-order valence-electron chi connectivity index (χ2n) is 7.11. The number of amides is 1. The summed E-state index contributed by atoms with van der Waals surface area (Å²) in [5.74, 6) is 2.01. The van der Waals surface area contributed by atoms with E-state index in [1.807, 2.05) is 11.8 Å². The average Bonchev–Trinajstić information content (AvgIpc) is 3.04. The number of nitrogens with zero attached hydrogens (tertiary/aromatic N) is 3. The summed E-state index contributed by atoms with van der Waals surface area (Å²) in [5, 5.41) is 6.83. The van der Waals surface area contributed by atoms with Crippen molar-refractivity contribution in [1.82, 2.24) is 20.4 Å². The van der Waals surface area contributed by atoms with E-state index in [9.17, 15) is 4.79 Å². The van der Waals surface area contributed by atoms with Crippen LogP contribution in [0, 0.1) is 5.92 Å². The lowest BCUT2D eigenvalue weighted by atomic mass is 9.99. The minimum atomic E-state index is 0. The Morgan fingerprint density at radius 3 is 2.52 bits per heavy atom. The van der Waals surface area contributed by atoms with Gasteiger partial charge in [0.25, 0.3) is 0 Å². The summed E-state index contributed by atoms with van der Waals surface area (Å²) in [5.41, 5.74) is 0. The number of piperidine rings is 1. The van der Waals surface area contributed by atoms with E-state index in [2.05, 4.69) is 29.4 Å². The molecule has 0 saturated carbocycles. The fourth-order valence-corrected chi connectivity index (χ4v) is 3.43. The van der Waals surface area contributed by atoms with Crippen LogP contribution in [0.2, 0.25) is 0 Å². The van der Waals surface area contributed by atoms with Crippen molar-refractivity contribution < 1.29 is 4.79 Å². The summed E-state index contributed by atoms with van der Waals surface area (Å²) in [6.45, 7) is 13.1. The van der Waals surface area contributed by atoms with E-state index in [0.29, 0.717) is 12.5 Å².